The molecule has 1 heterocycles. The number of carbonyl (C=O) groups excluding carboxylic acids is 2. The van der Waals surface area contributed by atoms with Crippen LogP contribution in [0, 0.1) is 0 Å². The molecule has 3 aromatic carbocycles. The summed E-state index contributed by atoms with van der Waals surface area (Å²) in [6.45, 7) is 0. The van der Waals surface area contributed by atoms with E-state index in [2.05, 4.69) is 15.7 Å². The number of hydrogen-bond acceptors (Lipinski definition) is 7. The molecule has 0 saturated carbocycles. The topological polar surface area (TPSA) is 111 Å². The van der Waals surface area contributed by atoms with Crippen molar-refractivity contribution in [3.05, 3.63) is 72.9 Å². The van der Waals surface area contributed by atoms with Crippen molar-refractivity contribution in [3.8, 4) is 28.7 Å². The highest BCUT2D eigenvalue weighted by Crippen LogP contribution is 2.37. The summed E-state index contributed by atoms with van der Waals surface area (Å²) in [4.78, 5) is 28.3. The SMILES string of the molecule is COc1cccc(N(NC=O)C(=O)Nc2ccc(Oc3ccnc4cc(OC)c(OC)cc34)cc2)c1. The third-order valence-electron chi connectivity index (χ3n) is 5.24. The van der Waals surface area contributed by atoms with Crippen molar-refractivity contribution >= 4 is 34.7 Å². The summed E-state index contributed by atoms with van der Waals surface area (Å²) in [5.74, 6) is 2.80. The predicted molar refractivity (Wildman–Crippen MR) is 135 cm³/mol. The molecule has 0 spiro atoms. The van der Waals surface area contributed by atoms with Gasteiger partial charge in [-0.2, -0.15) is 0 Å². The Labute approximate surface area is 207 Å². The van der Waals surface area contributed by atoms with Crippen LogP contribution in [0.3, 0.4) is 0 Å². The maximum Gasteiger partial charge on any atom is 0.345 e. The third-order valence-corrected chi connectivity index (χ3v) is 5.24. The zero-order chi connectivity index (χ0) is 25.5. The van der Waals surface area contributed by atoms with E-state index in [1.807, 2.05) is 0 Å². The maximum absolute atomic E-state index is 12.8. The molecule has 0 radical (unpaired) electrons. The van der Waals surface area contributed by atoms with E-state index in [0.717, 1.165) is 10.4 Å². The van der Waals surface area contributed by atoms with E-state index < -0.39 is 6.03 Å². The van der Waals surface area contributed by atoms with Gasteiger partial charge in [0.15, 0.2) is 11.5 Å². The summed E-state index contributed by atoms with van der Waals surface area (Å²) in [6, 6.07) is 18.3. The highest BCUT2D eigenvalue weighted by molar-refractivity contribution is 6.02. The van der Waals surface area contributed by atoms with Gasteiger partial charge in [-0.1, -0.05) is 6.07 Å². The molecule has 36 heavy (non-hydrogen) atoms. The van der Waals surface area contributed by atoms with E-state index in [1.54, 1.807) is 87.1 Å². The molecule has 0 aliphatic rings. The van der Waals surface area contributed by atoms with Crippen LogP contribution < -0.4 is 34.7 Å². The van der Waals surface area contributed by atoms with E-state index in [4.69, 9.17) is 18.9 Å². The number of aromatic nitrogens is 1. The van der Waals surface area contributed by atoms with Gasteiger partial charge in [-0.25, -0.2) is 9.80 Å². The number of fused-ring (bicyclic) bond motifs is 1. The van der Waals surface area contributed by atoms with Gasteiger partial charge >= 0.3 is 6.03 Å². The second kappa shape index (κ2) is 11.0. The van der Waals surface area contributed by atoms with Crippen molar-refractivity contribution < 1.29 is 28.5 Å². The zero-order valence-corrected chi connectivity index (χ0v) is 19.8. The molecule has 10 nitrogen and oxygen atoms in total. The molecular weight excluding hydrogens is 464 g/mol. The maximum atomic E-state index is 12.8. The van der Waals surface area contributed by atoms with Crippen molar-refractivity contribution in [2.24, 2.45) is 0 Å². The van der Waals surface area contributed by atoms with Crippen molar-refractivity contribution in [2.45, 2.75) is 0 Å². The summed E-state index contributed by atoms with van der Waals surface area (Å²) >= 11 is 0. The van der Waals surface area contributed by atoms with Gasteiger partial charge in [-0.05, 0) is 48.5 Å². The molecule has 10 heteroatoms. The summed E-state index contributed by atoms with van der Waals surface area (Å²) in [6.07, 6.45) is 2.06. The van der Waals surface area contributed by atoms with E-state index >= 15 is 0 Å². The number of nitrogens with zero attached hydrogens (tertiary/aromatic N) is 2. The van der Waals surface area contributed by atoms with Crippen LogP contribution in [-0.4, -0.2) is 38.8 Å². The molecule has 0 saturated heterocycles. The average molecular weight is 489 g/mol. The molecule has 1 aromatic heterocycles. The lowest BCUT2D eigenvalue weighted by molar-refractivity contribution is -0.109. The minimum Gasteiger partial charge on any atom is -0.497 e. The number of anilines is 2. The lowest BCUT2D eigenvalue weighted by Gasteiger charge is -2.22. The second-order valence-corrected chi connectivity index (χ2v) is 7.37. The van der Waals surface area contributed by atoms with Gasteiger partial charge < -0.3 is 24.3 Å². The highest BCUT2D eigenvalue weighted by atomic mass is 16.5. The van der Waals surface area contributed by atoms with Gasteiger partial charge in [-0.15, -0.1) is 0 Å². The third kappa shape index (κ3) is 5.22. The lowest BCUT2D eigenvalue weighted by Crippen LogP contribution is -2.45. The van der Waals surface area contributed by atoms with Gasteiger partial charge in [0.05, 0.1) is 32.5 Å². The summed E-state index contributed by atoms with van der Waals surface area (Å²) in [5.41, 5.74) is 4.00. The molecule has 0 aliphatic carbocycles. The van der Waals surface area contributed by atoms with Crippen molar-refractivity contribution in [1.29, 1.82) is 0 Å². The molecule has 0 aliphatic heterocycles. The van der Waals surface area contributed by atoms with Crippen LogP contribution in [0.2, 0.25) is 0 Å². The Morgan fingerprint density at radius 2 is 1.61 bits per heavy atom. The van der Waals surface area contributed by atoms with Crippen LogP contribution in [0.1, 0.15) is 0 Å². The normalized spacial score (nSPS) is 10.3. The molecule has 0 atom stereocenters. The van der Waals surface area contributed by atoms with Gasteiger partial charge in [0.1, 0.15) is 17.2 Å². The first-order chi connectivity index (χ1) is 17.6. The van der Waals surface area contributed by atoms with E-state index in [1.165, 1.54) is 7.11 Å². The largest absolute Gasteiger partial charge is 0.497 e. The monoisotopic (exact) mass is 488 g/mol. The van der Waals surface area contributed by atoms with Crippen LogP contribution in [0.5, 0.6) is 28.7 Å². The number of amides is 3. The summed E-state index contributed by atoms with van der Waals surface area (Å²) < 4.78 is 22.0. The molecular formula is C26H24N4O6. The fraction of sp³-hybridized carbons (Fsp3) is 0.115. The number of pyridine rings is 1. The quantitative estimate of drug-likeness (QED) is 0.258. The first kappa shape index (κ1) is 24.1. The van der Waals surface area contributed by atoms with E-state index in [-0.39, 0.29) is 0 Å². The number of rotatable bonds is 9. The fourth-order valence-electron chi connectivity index (χ4n) is 3.50. The number of ether oxygens (including phenoxy) is 4. The van der Waals surface area contributed by atoms with E-state index in [0.29, 0.717) is 52.0 Å². The number of nitrogens with one attached hydrogen (secondary N) is 2. The molecule has 2 N–H and O–H groups in total. The summed E-state index contributed by atoms with van der Waals surface area (Å²) in [7, 11) is 4.64. The molecule has 3 amide bonds. The number of benzene rings is 3. The Morgan fingerprint density at radius 3 is 2.31 bits per heavy atom. The highest BCUT2D eigenvalue weighted by Gasteiger charge is 2.17. The Bertz CT molecular complexity index is 1380. The molecule has 0 fully saturated rings. The van der Waals surface area contributed by atoms with Crippen molar-refractivity contribution in [2.75, 3.05) is 31.7 Å². The van der Waals surface area contributed by atoms with Gasteiger partial charge in [0, 0.05) is 29.4 Å². The minimum atomic E-state index is -0.565. The Balaban J connectivity index is 1.51. The smallest absolute Gasteiger partial charge is 0.345 e. The minimum absolute atomic E-state index is 0.416. The van der Waals surface area contributed by atoms with Crippen LogP contribution in [0.15, 0.2) is 72.9 Å². The Morgan fingerprint density at radius 1 is 0.861 bits per heavy atom. The van der Waals surface area contributed by atoms with E-state index in [9.17, 15) is 9.59 Å². The van der Waals surface area contributed by atoms with Gasteiger partial charge in [-0.3, -0.25) is 15.2 Å². The number of hydrazine groups is 1. The zero-order valence-electron chi connectivity index (χ0n) is 19.8. The van der Waals surface area contributed by atoms with Crippen LogP contribution in [0.25, 0.3) is 10.9 Å². The number of hydrogen-bond donors (Lipinski definition) is 2. The number of carbonyl (C=O) groups is 2. The molecule has 0 unspecified atom stereocenters. The van der Waals surface area contributed by atoms with Crippen LogP contribution >= 0.6 is 0 Å². The Kier molecular flexibility index (Phi) is 7.35. The summed E-state index contributed by atoms with van der Waals surface area (Å²) in [5, 5.41) is 4.57. The predicted octanol–water partition coefficient (Wildman–Crippen LogP) is 4.75. The van der Waals surface area contributed by atoms with Crippen LogP contribution in [-0.2, 0) is 4.79 Å². The molecule has 4 rings (SSSR count). The second-order valence-electron chi connectivity index (χ2n) is 7.37. The van der Waals surface area contributed by atoms with Gasteiger partial charge in [0.25, 0.3) is 0 Å². The first-order valence-electron chi connectivity index (χ1n) is 10.8. The number of methoxy groups -OCH3 is 3. The molecule has 0 bridgehead atoms. The fourth-order valence-corrected chi connectivity index (χ4v) is 3.50. The molecule has 184 valence electrons. The Hall–Kier alpha value is -4.99. The lowest BCUT2D eigenvalue weighted by atomic mass is 10.2. The first-order valence-corrected chi connectivity index (χ1v) is 10.8. The average Bonchev–Trinajstić information content (AvgIpc) is 2.92. The van der Waals surface area contributed by atoms with Crippen molar-refractivity contribution in [3.63, 3.8) is 0 Å². The standard InChI is InChI=1S/C26H24N4O6/c1-33-20-6-4-5-18(13-20)30(28-16-31)26(32)29-17-7-9-19(10-8-17)36-23-11-12-27-22-15-25(35-3)24(34-2)14-21(22)23/h4-16H,1-3H3,(H,28,31)(H,29,32). The van der Waals surface area contributed by atoms with Gasteiger partial charge in [0.2, 0.25) is 6.41 Å². The number of urea groups is 1. The van der Waals surface area contributed by atoms with Crippen LogP contribution in [0.4, 0.5) is 16.2 Å². The molecule has 4 aromatic rings. The van der Waals surface area contributed by atoms with Crippen molar-refractivity contribution in [1.82, 2.24) is 10.4 Å².